The van der Waals surface area contributed by atoms with E-state index < -0.39 is 23.5 Å². The van der Waals surface area contributed by atoms with Gasteiger partial charge in [0.1, 0.15) is 12.1 Å². The summed E-state index contributed by atoms with van der Waals surface area (Å²) >= 11 is 0. The molecule has 2 aromatic carbocycles. The second-order valence-corrected chi connectivity index (χ2v) is 8.57. The van der Waals surface area contributed by atoms with Crippen molar-refractivity contribution in [3.8, 4) is 11.1 Å². The van der Waals surface area contributed by atoms with Gasteiger partial charge in [-0.15, -0.1) is 0 Å². The lowest BCUT2D eigenvalue weighted by atomic mass is 9.90. The van der Waals surface area contributed by atoms with Crippen molar-refractivity contribution >= 4 is 23.7 Å². The molecule has 1 aliphatic heterocycles. The number of carboxylic acids is 1. The zero-order valence-electron chi connectivity index (χ0n) is 18.8. The Morgan fingerprint density at radius 2 is 1.60 bits per heavy atom. The van der Waals surface area contributed by atoms with Gasteiger partial charge in [-0.2, -0.15) is 0 Å². The Hall–Kier alpha value is -4.11. The number of hydrogen-bond donors (Lipinski definition) is 3. The molecule has 2 amide bonds. The summed E-state index contributed by atoms with van der Waals surface area (Å²) in [6.07, 6.45) is 0.750. The molecular weight excluding hydrogens is 452 g/mol. The minimum Gasteiger partial charge on any atom is -0.480 e. The van der Waals surface area contributed by atoms with Crippen LogP contribution in [-0.2, 0) is 14.3 Å². The number of anilines is 1. The SMILES string of the molecule is O=C(Nc1ccoc1C(=O)NC1(C(=O)O)CCOCC1)OCC1c2ccccc2-c2ccccc21. The first-order valence-electron chi connectivity index (χ1n) is 11.3. The van der Waals surface area contributed by atoms with Crippen molar-refractivity contribution in [3.63, 3.8) is 0 Å². The van der Waals surface area contributed by atoms with Crippen LogP contribution in [0.2, 0.25) is 0 Å². The van der Waals surface area contributed by atoms with Crippen LogP contribution in [-0.4, -0.2) is 48.4 Å². The highest BCUT2D eigenvalue weighted by Gasteiger charge is 2.42. The second-order valence-electron chi connectivity index (χ2n) is 8.57. The summed E-state index contributed by atoms with van der Waals surface area (Å²) < 4.78 is 16.0. The second kappa shape index (κ2) is 9.27. The van der Waals surface area contributed by atoms with Crippen molar-refractivity contribution in [1.29, 1.82) is 0 Å². The molecule has 1 aliphatic carbocycles. The number of carboxylic acid groups (broad SMARTS) is 1. The predicted molar refractivity (Wildman–Crippen MR) is 125 cm³/mol. The first-order valence-corrected chi connectivity index (χ1v) is 11.3. The molecule has 9 nitrogen and oxygen atoms in total. The van der Waals surface area contributed by atoms with E-state index >= 15 is 0 Å². The van der Waals surface area contributed by atoms with Crippen LogP contribution in [0.4, 0.5) is 10.5 Å². The summed E-state index contributed by atoms with van der Waals surface area (Å²) in [5.74, 6) is -2.20. The molecule has 2 aliphatic rings. The zero-order valence-corrected chi connectivity index (χ0v) is 18.8. The van der Waals surface area contributed by atoms with Crippen molar-refractivity contribution in [3.05, 3.63) is 77.7 Å². The highest BCUT2D eigenvalue weighted by atomic mass is 16.5. The van der Waals surface area contributed by atoms with Crippen LogP contribution in [0.1, 0.15) is 40.4 Å². The monoisotopic (exact) mass is 476 g/mol. The topological polar surface area (TPSA) is 127 Å². The van der Waals surface area contributed by atoms with E-state index in [1.165, 1.54) is 12.3 Å². The lowest BCUT2D eigenvalue weighted by molar-refractivity contribution is -0.148. The summed E-state index contributed by atoms with van der Waals surface area (Å²) in [6.45, 7) is 0.548. The lowest BCUT2D eigenvalue weighted by Gasteiger charge is -2.33. The molecule has 0 spiro atoms. The van der Waals surface area contributed by atoms with E-state index in [0.29, 0.717) is 0 Å². The minimum atomic E-state index is -1.46. The molecule has 3 N–H and O–H groups in total. The van der Waals surface area contributed by atoms with E-state index in [4.69, 9.17) is 13.9 Å². The summed E-state index contributed by atoms with van der Waals surface area (Å²) in [5, 5.41) is 14.7. The van der Waals surface area contributed by atoms with Crippen LogP contribution in [0.25, 0.3) is 11.1 Å². The molecule has 0 unspecified atom stereocenters. The van der Waals surface area contributed by atoms with Crippen LogP contribution in [0.15, 0.2) is 65.3 Å². The third-order valence-electron chi connectivity index (χ3n) is 6.56. The number of furan rings is 1. The van der Waals surface area contributed by atoms with Gasteiger partial charge < -0.3 is 24.3 Å². The molecule has 0 atom stereocenters. The van der Waals surface area contributed by atoms with Crippen LogP contribution < -0.4 is 10.6 Å². The van der Waals surface area contributed by atoms with Gasteiger partial charge in [-0.3, -0.25) is 10.1 Å². The van der Waals surface area contributed by atoms with Gasteiger partial charge in [0, 0.05) is 38.0 Å². The molecule has 5 rings (SSSR count). The average molecular weight is 476 g/mol. The Bertz CT molecular complexity index is 1230. The smallest absolute Gasteiger partial charge is 0.411 e. The van der Waals surface area contributed by atoms with Crippen molar-refractivity contribution in [2.75, 3.05) is 25.1 Å². The van der Waals surface area contributed by atoms with E-state index in [0.717, 1.165) is 22.3 Å². The summed E-state index contributed by atoms with van der Waals surface area (Å²) in [4.78, 5) is 37.3. The molecule has 35 heavy (non-hydrogen) atoms. The van der Waals surface area contributed by atoms with Gasteiger partial charge in [0.2, 0.25) is 5.76 Å². The molecule has 1 aromatic heterocycles. The Labute approximate surface area is 201 Å². The molecule has 3 aromatic rings. The first-order chi connectivity index (χ1) is 17.0. The third-order valence-corrected chi connectivity index (χ3v) is 6.56. The third kappa shape index (κ3) is 4.26. The molecule has 1 fully saturated rings. The maximum Gasteiger partial charge on any atom is 0.411 e. The van der Waals surface area contributed by atoms with Gasteiger partial charge in [0.05, 0.1) is 12.0 Å². The first kappa shape index (κ1) is 22.7. The molecule has 0 saturated carbocycles. The number of ether oxygens (including phenoxy) is 2. The van der Waals surface area contributed by atoms with Gasteiger partial charge in [0.25, 0.3) is 5.91 Å². The molecule has 9 heteroatoms. The average Bonchev–Trinajstić information content (AvgIpc) is 3.46. The minimum absolute atomic E-state index is 0.0901. The van der Waals surface area contributed by atoms with E-state index in [1.807, 2.05) is 48.5 Å². The van der Waals surface area contributed by atoms with Crippen molar-refractivity contribution in [2.24, 2.45) is 0 Å². The van der Waals surface area contributed by atoms with Crippen LogP contribution in [0.5, 0.6) is 0 Å². The Kier molecular flexibility index (Phi) is 6.00. The fourth-order valence-corrected chi connectivity index (χ4v) is 4.71. The van der Waals surface area contributed by atoms with Gasteiger partial charge >= 0.3 is 12.1 Å². The van der Waals surface area contributed by atoms with E-state index in [2.05, 4.69) is 10.6 Å². The molecule has 1 saturated heterocycles. The van der Waals surface area contributed by atoms with E-state index in [-0.39, 0.29) is 50.0 Å². The number of carbonyl (C=O) groups excluding carboxylic acids is 2. The van der Waals surface area contributed by atoms with Gasteiger partial charge in [-0.05, 0) is 22.3 Å². The number of nitrogens with one attached hydrogen (secondary N) is 2. The molecule has 2 heterocycles. The predicted octanol–water partition coefficient (Wildman–Crippen LogP) is 4.00. The Morgan fingerprint density at radius 1 is 0.971 bits per heavy atom. The number of amides is 2. The Morgan fingerprint density at radius 3 is 2.23 bits per heavy atom. The lowest BCUT2D eigenvalue weighted by Crippen LogP contribution is -2.57. The number of benzene rings is 2. The van der Waals surface area contributed by atoms with E-state index in [1.54, 1.807) is 0 Å². The fraction of sp³-hybridized carbons (Fsp3) is 0.269. The van der Waals surface area contributed by atoms with Crippen molar-refractivity contribution in [1.82, 2.24) is 5.32 Å². The molecule has 0 radical (unpaired) electrons. The van der Waals surface area contributed by atoms with Gasteiger partial charge in [-0.1, -0.05) is 48.5 Å². The highest BCUT2D eigenvalue weighted by molar-refractivity contribution is 6.02. The van der Waals surface area contributed by atoms with Gasteiger partial charge in [-0.25, -0.2) is 9.59 Å². The largest absolute Gasteiger partial charge is 0.480 e. The number of fused-ring (bicyclic) bond motifs is 3. The normalized spacial score (nSPS) is 16.1. The number of aliphatic carboxylic acids is 1. The fourth-order valence-electron chi connectivity index (χ4n) is 4.71. The summed E-state index contributed by atoms with van der Waals surface area (Å²) in [5.41, 5.74) is 3.04. The molecular formula is C26H24N2O7. The van der Waals surface area contributed by atoms with E-state index in [9.17, 15) is 19.5 Å². The molecule has 180 valence electrons. The van der Waals surface area contributed by atoms with Crippen LogP contribution in [0.3, 0.4) is 0 Å². The summed E-state index contributed by atoms with van der Waals surface area (Å²) in [7, 11) is 0. The molecule has 0 bridgehead atoms. The zero-order chi connectivity index (χ0) is 24.4. The Balaban J connectivity index is 1.26. The van der Waals surface area contributed by atoms with Crippen molar-refractivity contribution in [2.45, 2.75) is 24.3 Å². The van der Waals surface area contributed by atoms with Crippen molar-refractivity contribution < 1.29 is 33.4 Å². The van der Waals surface area contributed by atoms with Crippen LogP contribution >= 0.6 is 0 Å². The number of carbonyl (C=O) groups is 3. The number of hydrogen-bond acceptors (Lipinski definition) is 6. The standard InChI is InChI=1S/C26H24N2O7/c29-23(28-26(24(30)31)10-13-33-14-11-26)22-21(9-12-34-22)27-25(32)35-15-20-18-7-3-1-5-16(18)17-6-2-4-8-19(17)20/h1-9,12,20H,10-11,13-15H2,(H,27,32)(H,28,29)(H,30,31). The maximum atomic E-state index is 12.8. The van der Waals surface area contributed by atoms with Gasteiger partial charge in [0.15, 0.2) is 0 Å². The quantitative estimate of drug-likeness (QED) is 0.491. The van der Waals surface area contributed by atoms with Crippen LogP contribution in [0, 0.1) is 0 Å². The number of rotatable bonds is 6. The summed E-state index contributed by atoms with van der Waals surface area (Å²) in [6, 6.07) is 17.4. The highest BCUT2D eigenvalue weighted by Crippen LogP contribution is 2.44. The maximum absolute atomic E-state index is 12.8.